The van der Waals surface area contributed by atoms with E-state index in [0.717, 1.165) is 29.8 Å². The summed E-state index contributed by atoms with van der Waals surface area (Å²) in [7, 11) is 1.07. The number of carbonyl (C=O) groups is 2. The Labute approximate surface area is 189 Å². The van der Waals surface area contributed by atoms with Crippen LogP contribution in [-0.2, 0) is 19.4 Å². The van der Waals surface area contributed by atoms with Crippen LogP contribution in [0, 0.1) is 0 Å². The highest BCUT2D eigenvalue weighted by molar-refractivity contribution is 6.11. The van der Waals surface area contributed by atoms with Gasteiger partial charge in [0.2, 0.25) is 5.78 Å². The van der Waals surface area contributed by atoms with Gasteiger partial charge in [-0.2, -0.15) is 39.5 Å². The number of ketones is 1. The Balaban J connectivity index is 2.19. The van der Waals surface area contributed by atoms with Crippen LogP contribution in [0.1, 0.15) is 37.5 Å². The monoisotopic (exact) mass is 509 g/mol. The minimum absolute atomic E-state index is 0.0342. The van der Waals surface area contributed by atoms with Gasteiger partial charge in [0, 0.05) is 24.0 Å². The molecule has 0 aliphatic rings. The highest BCUT2D eigenvalue weighted by Gasteiger charge is 2.38. The molecule has 13 heteroatoms. The van der Waals surface area contributed by atoms with E-state index in [-0.39, 0.29) is 23.0 Å². The lowest BCUT2D eigenvalue weighted by molar-refractivity contribution is -0.138. The molecule has 0 amide bonds. The van der Waals surface area contributed by atoms with Gasteiger partial charge >= 0.3 is 24.5 Å². The second-order valence-electron chi connectivity index (χ2n) is 7.35. The number of aromatic carboxylic acids is 1. The molecule has 3 aromatic rings. The number of fused-ring (bicyclic) bond motifs is 1. The molecule has 1 heterocycles. The van der Waals surface area contributed by atoms with Crippen LogP contribution in [-0.4, -0.2) is 27.6 Å². The third-order valence-corrected chi connectivity index (χ3v) is 5.05. The number of halogens is 9. The summed E-state index contributed by atoms with van der Waals surface area (Å²) < 4.78 is 120. The van der Waals surface area contributed by atoms with Crippen molar-refractivity contribution in [1.82, 2.24) is 4.57 Å². The summed E-state index contributed by atoms with van der Waals surface area (Å²) in [6, 6.07) is 4.16. The van der Waals surface area contributed by atoms with Crippen LogP contribution >= 0.6 is 0 Å². The first-order chi connectivity index (χ1) is 15.9. The standard InChI is InChI=1S/C22H12F9NO3/c1-32-16-8-15(22(29,30)31)13(19(34)35)6-11(16)7-17(32)18(33)9-14(21(26,27)28)10-3-2-4-12(5-10)20(23,24)25/h2-9H,1H3,(H,34,35). The normalized spacial score (nSPS) is 13.4. The van der Waals surface area contributed by atoms with E-state index in [0.29, 0.717) is 18.2 Å². The van der Waals surface area contributed by atoms with Crippen LogP contribution in [0.15, 0.2) is 48.5 Å². The van der Waals surface area contributed by atoms with Gasteiger partial charge in [0.05, 0.1) is 28.0 Å². The smallest absolute Gasteiger partial charge is 0.417 e. The summed E-state index contributed by atoms with van der Waals surface area (Å²) in [6.45, 7) is 0. The van der Waals surface area contributed by atoms with Gasteiger partial charge in [-0.05, 0) is 35.9 Å². The van der Waals surface area contributed by atoms with Gasteiger partial charge in [-0.1, -0.05) is 12.1 Å². The Morgan fingerprint density at radius 2 is 1.51 bits per heavy atom. The number of aryl methyl sites for hydroxylation is 1. The summed E-state index contributed by atoms with van der Waals surface area (Å²) in [5.74, 6) is -3.29. The highest BCUT2D eigenvalue weighted by atomic mass is 19.4. The maximum Gasteiger partial charge on any atom is 0.417 e. The Kier molecular flexibility index (Phi) is 6.25. The van der Waals surface area contributed by atoms with Crippen LogP contribution in [0.2, 0.25) is 0 Å². The number of nitrogens with zero attached hydrogens (tertiary/aromatic N) is 1. The molecule has 0 aliphatic heterocycles. The maximum atomic E-state index is 13.6. The number of carbonyl (C=O) groups excluding carboxylic acids is 1. The van der Waals surface area contributed by atoms with Crippen LogP contribution in [0.5, 0.6) is 0 Å². The minimum atomic E-state index is -5.26. The van der Waals surface area contributed by atoms with E-state index in [1.54, 1.807) is 0 Å². The number of carboxylic acid groups (broad SMARTS) is 1. The van der Waals surface area contributed by atoms with Gasteiger partial charge in [0.25, 0.3) is 0 Å². The van der Waals surface area contributed by atoms with Crippen molar-refractivity contribution in [3.05, 3.63) is 76.5 Å². The van der Waals surface area contributed by atoms with Gasteiger partial charge < -0.3 is 9.67 Å². The van der Waals surface area contributed by atoms with Crippen LogP contribution in [0.3, 0.4) is 0 Å². The van der Waals surface area contributed by atoms with E-state index >= 15 is 0 Å². The molecule has 0 saturated carbocycles. The van der Waals surface area contributed by atoms with Gasteiger partial charge in [-0.25, -0.2) is 4.79 Å². The zero-order valence-electron chi connectivity index (χ0n) is 17.2. The molecule has 0 atom stereocenters. The summed E-state index contributed by atoms with van der Waals surface area (Å²) in [5, 5.41) is 8.92. The first kappa shape index (κ1) is 25.8. The molecule has 35 heavy (non-hydrogen) atoms. The number of rotatable bonds is 4. The third kappa shape index (κ3) is 5.17. The van der Waals surface area contributed by atoms with Crippen molar-refractivity contribution in [3.63, 3.8) is 0 Å². The van der Waals surface area contributed by atoms with E-state index in [1.807, 2.05) is 0 Å². The van der Waals surface area contributed by atoms with Crippen molar-refractivity contribution in [3.8, 4) is 0 Å². The molecule has 2 aromatic carbocycles. The van der Waals surface area contributed by atoms with Crippen molar-refractivity contribution in [2.75, 3.05) is 0 Å². The van der Waals surface area contributed by atoms with Crippen LogP contribution in [0.25, 0.3) is 16.5 Å². The summed E-state index contributed by atoms with van der Waals surface area (Å²) >= 11 is 0. The molecule has 186 valence electrons. The number of alkyl halides is 9. The van der Waals surface area contributed by atoms with E-state index in [2.05, 4.69) is 0 Å². The van der Waals surface area contributed by atoms with Gasteiger partial charge in [-0.15, -0.1) is 0 Å². The Bertz CT molecular complexity index is 1360. The summed E-state index contributed by atoms with van der Waals surface area (Å²) in [6.07, 6.45) is -15.3. The first-order valence-corrected chi connectivity index (χ1v) is 9.36. The number of hydrogen-bond acceptors (Lipinski definition) is 2. The summed E-state index contributed by atoms with van der Waals surface area (Å²) in [4.78, 5) is 24.0. The lowest BCUT2D eigenvalue weighted by atomic mass is 10.0. The number of benzene rings is 2. The van der Waals surface area contributed by atoms with Crippen LogP contribution < -0.4 is 0 Å². The maximum absolute atomic E-state index is 13.6. The van der Waals surface area contributed by atoms with Crippen molar-refractivity contribution in [1.29, 1.82) is 0 Å². The molecule has 0 bridgehead atoms. The second kappa shape index (κ2) is 8.47. The fraction of sp³-hybridized carbons (Fsp3) is 0.182. The Morgan fingerprint density at radius 1 is 0.886 bits per heavy atom. The van der Waals surface area contributed by atoms with E-state index in [1.165, 1.54) is 0 Å². The SMILES string of the molecule is Cn1c(C(=O)C=C(c2cccc(C(F)(F)F)c2)C(F)(F)F)cc2cc(C(=O)O)c(C(F)(F)F)cc21. The Hall–Kier alpha value is -3.77. The number of carboxylic acids is 1. The molecule has 0 spiro atoms. The molecule has 1 N–H and O–H groups in total. The molecule has 4 nitrogen and oxygen atoms in total. The molecular weight excluding hydrogens is 497 g/mol. The lowest BCUT2D eigenvalue weighted by Crippen LogP contribution is -2.15. The van der Waals surface area contributed by atoms with Crippen molar-refractivity contribution < 1.29 is 54.2 Å². The molecule has 0 aliphatic carbocycles. The molecule has 0 fully saturated rings. The predicted molar refractivity (Wildman–Crippen MR) is 105 cm³/mol. The topological polar surface area (TPSA) is 59.3 Å². The lowest BCUT2D eigenvalue weighted by Gasteiger charge is -2.14. The summed E-state index contributed by atoms with van der Waals surface area (Å²) in [5.41, 5.74) is -7.56. The predicted octanol–water partition coefficient (Wildman–Crippen LogP) is 6.74. The minimum Gasteiger partial charge on any atom is -0.478 e. The zero-order valence-corrected chi connectivity index (χ0v) is 17.2. The highest BCUT2D eigenvalue weighted by Crippen LogP contribution is 2.38. The van der Waals surface area contributed by atoms with E-state index in [4.69, 9.17) is 5.11 Å². The second-order valence-corrected chi connectivity index (χ2v) is 7.35. The fourth-order valence-electron chi connectivity index (χ4n) is 3.43. The zero-order chi connectivity index (χ0) is 26.5. The average molecular weight is 509 g/mol. The van der Waals surface area contributed by atoms with Crippen molar-refractivity contribution >= 4 is 28.2 Å². The molecule has 1 aromatic heterocycles. The molecule has 3 rings (SSSR count). The van der Waals surface area contributed by atoms with Gasteiger partial charge in [0.1, 0.15) is 0 Å². The van der Waals surface area contributed by atoms with E-state index < -0.39 is 63.8 Å². The van der Waals surface area contributed by atoms with Crippen LogP contribution in [0.4, 0.5) is 39.5 Å². The number of allylic oxidation sites excluding steroid dienone is 2. The quantitative estimate of drug-likeness (QED) is 0.241. The molecule has 0 radical (unpaired) electrons. The molecule has 0 saturated heterocycles. The molecular formula is C22H12F9NO3. The molecule has 0 unspecified atom stereocenters. The van der Waals surface area contributed by atoms with Gasteiger partial charge in [0.15, 0.2) is 0 Å². The third-order valence-electron chi connectivity index (χ3n) is 5.05. The number of aromatic nitrogens is 1. The first-order valence-electron chi connectivity index (χ1n) is 9.36. The van der Waals surface area contributed by atoms with Crippen molar-refractivity contribution in [2.45, 2.75) is 18.5 Å². The largest absolute Gasteiger partial charge is 0.478 e. The van der Waals surface area contributed by atoms with Crippen molar-refractivity contribution in [2.24, 2.45) is 7.05 Å². The number of hydrogen-bond donors (Lipinski definition) is 1. The van der Waals surface area contributed by atoms with Gasteiger partial charge in [-0.3, -0.25) is 4.79 Å². The fourth-order valence-corrected chi connectivity index (χ4v) is 3.43. The average Bonchev–Trinajstić information content (AvgIpc) is 3.05. The van der Waals surface area contributed by atoms with E-state index in [9.17, 15) is 49.1 Å². The Morgan fingerprint density at radius 3 is 2.03 bits per heavy atom.